The topological polar surface area (TPSA) is 76.5 Å². The smallest absolute Gasteiger partial charge is 0.274 e. The molecule has 7 nitrogen and oxygen atoms in total. The van der Waals surface area contributed by atoms with Crippen LogP contribution >= 0.6 is 11.6 Å². The molecule has 1 N–H and O–H groups in total. The number of nitrogens with one attached hydrogen (secondary N) is 1. The molecule has 0 bridgehead atoms. The quantitative estimate of drug-likeness (QED) is 0.576. The molecule has 2 aromatic carbocycles. The van der Waals surface area contributed by atoms with Crippen LogP contribution in [-0.2, 0) is 29.2 Å². The number of rotatable bonds is 5. The molecule has 5 rings (SSSR count). The summed E-state index contributed by atoms with van der Waals surface area (Å²) in [4.78, 5) is 32.0. The van der Waals surface area contributed by atoms with Gasteiger partial charge in [-0.05, 0) is 36.1 Å². The molecule has 0 radical (unpaired) electrons. The van der Waals surface area contributed by atoms with Crippen molar-refractivity contribution < 1.29 is 18.7 Å². The van der Waals surface area contributed by atoms with Crippen LogP contribution in [-0.4, -0.2) is 39.4 Å². The van der Waals surface area contributed by atoms with E-state index in [-0.39, 0.29) is 35.4 Å². The van der Waals surface area contributed by atoms with Gasteiger partial charge in [-0.15, -0.1) is 0 Å². The van der Waals surface area contributed by atoms with E-state index in [1.165, 1.54) is 12.1 Å². The number of ether oxygens (including phenoxy) is 1. The molecule has 1 aromatic heterocycles. The number of carbonyl (C=O) groups excluding carboxylic acids is 2. The lowest BCUT2D eigenvalue weighted by Gasteiger charge is -2.31. The molecule has 1 atom stereocenters. The summed E-state index contributed by atoms with van der Waals surface area (Å²) in [6, 6.07) is 14.1. The number of amides is 2. The van der Waals surface area contributed by atoms with Gasteiger partial charge in [-0.2, -0.15) is 0 Å². The molecule has 2 amide bonds. The Morgan fingerprint density at radius 2 is 1.91 bits per heavy atom. The molecule has 182 valence electrons. The van der Waals surface area contributed by atoms with Gasteiger partial charge in [0.1, 0.15) is 11.9 Å². The van der Waals surface area contributed by atoms with Gasteiger partial charge in [0.05, 0.1) is 25.2 Å². The zero-order valence-electron chi connectivity index (χ0n) is 19.1. The van der Waals surface area contributed by atoms with Gasteiger partial charge in [0.25, 0.3) is 5.91 Å². The maximum Gasteiger partial charge on any atom is 0.274 e. The number of likely N-dealkylation sites (tertiary alicyclic amines) is 1. The highest BCUT2D eigenvalue weighted by atomic mass is 35.5. The molecule has 35 heavy (non-hydrogen) atoms. The van der Waals surface area contributed by atoms with Gasteiger partial charge in [0, 0.05) is 30.6 Å². The van der Waals surface area contributed by atoms with E-state index in [2.05, 4.69) is 10.3 Å². The molecule has 0 saturated carbocycles. The second-order valence-electron chi connectivity index (χ2n) is 8.92. The number of imidazole rings is 1. The van der Waals surface area contributed by atoms with Crippen LogP contribution in [0.2, 0.25) is 5.02 Å². The summed E-state index contributed by atoms with van der Waals surface area (Å²) in [6.07, 6.45) is 2.77. The summed E-state index contributed by atoms with van der Waals surface area (Å²) in [5.41, 5.74) is 2.97. The predicted octanol–water partition coefficient (Wildman–Crippen LogP) is 4.12. The van der Waals surface area contributed by atoms with Crippen LogP contribution in [0.1, 0.15) is 46.3 Å². The van der Waals surface area contributed by atoms with Gasteiger partial charge in [-0.1, -0.05) is 48.0 Å². The minimum Gasteiger partial charge on any atom is -0.365 e. The fourth-order valence-electron chi connectivity index (χ4n) is 4.66. The summed E-state index contributed by atoms with van der Waals surface area (Å²) in [5.74, 6) is -0.817. The molecular formula is C26H26ClFN4O3. The molecular weight excluding hydrogens is 471 g/mol. The number of halogens is 2. The minimum atomic E-state index is -0.413. The van der Waals surface area contributed by atoms with E-state index in [0.717, 1.165) is 11.3 Å². The van der Waals surface area contributed by atoms with Crippen LogP contribution < -0.4 is 5.32 Å². The van der Waals surface area contributed by atoms with Crippen molar-refractivity contribution in [3.8, 4) is 0 Å². The Bertz CT molecular complexity index is 1220. The third-order valence-corrected chi connectivity index (χ3v) is 7.08. The van der Waals surface area contributed by atoms with Crippen LogP contribution in [0.15, 0.2) is 54.9 Å². The molecule has 0 spiro atoms. The molecule has 3 heterocycles. The largest absolute Gasteiger partial charge is 0.365 e. The van der Waals surface area contributed by atoms with Crippen molar-refractivity contribution in [1.82, 2.24) is 19.8 Å². The van der Waals surface area contributed by atoms with Gasteiger partial charge in [-0.3, -0.25) is 9.59 Å². The SMILES string of the molecule is O=C(NCc1ccc(F)cc1Cl)C1CCN(C(=O)c2ncn3c2COC(c2ccccc2)C3)CC1. The lowest BCUT2D eigenvalue weighted by atomic mass is 9.95. The first-order valence-corrected chi connectivity index (χ1v) is 12.1. The average molecular weight is 497 g/mol. The summed E-state index contributed by atoms with van der Waals surface area (Å²) in [6.45, 7) is 2.13. The van der Waals surface area contributed by atoms with E-state index < -0.39 is 5.82 Å². The third kappa shape index (κ3) is 5.09. The highest BCUT2D eigenvalue weighted by Crippen LogP contribution is 2.29. The first kappa shape index (κ1) is 23.5. The number of fused-ring (bicyclic) bond motifs is 1. The normalized spacial score (nSPS) is 18.2. The standard InChI is InChI=1S/C26H26ClFN4O3/c27-21-12-20(28)7-6-19(21)13-29-25(33)18-8-10-31(11-9-18)26(34)24-22-15-35-23(14-32(22)16-30-24)17-4-2-1-3-5-17/h1-7,12,16,18,23H,8-11,13-15H2,(H,29,33). The fraction of sp³-hybridized carbons (Fsp3) is 0.346. The molecule has 3 aromatic rings. The zero-order valence-corrected chi connectivity index (χ0v) is 19.9. The molecule has 1 fully saturated rings. The van der Waals surface area contributed by atoms with Crippen molar-refractivity contribution in [2.24, 2.45) is 5.92 Å². The Balaban J connectivity index is 1.15. The Morgan fingerprint density at radius 1 is 1.14 bits per heavy atom. The van der Waals surface area contributed by atoms with Crippen molar-refractivity contribution in [1.29, 1.82) is 0 Å². The van der Waals surface area contributed by atoms with Crippen LogP contribution in [0.4, 0.5) is 4.39 Å². The summed E-state index contributed by atoms with van der Waals surface area (Å²) < 4.78 is 21.2. The van der Waals surface area contributed by atoms with Gasteiger partial charge in [0.15, 0.2) is 5.69 Å². The summed E-state index contributed by atoms with van der Waals surface area (Å²) in [7, 11) is 0. The number of hydrogen-bond acceptors (Lipinski definition) is 4. The fourth-order valence-corrected chi connectivity index (χ4v) is 4.90. The van der Waals surface area contributed by atoms with E-state index in [1.54, 1.807) is 17.3 Å². The molecule has 1 unspecified atom stereocenters. The van der Waals surface area contributed by atoms with E-state index in [1.807, 2.05) is 34.9 Å². The average Bonchev–Trinajstić information content (AvgIpc) is 3.31. The van der Waals surface area contributed by atoms with E-state index in [4.69, 9.17) is 16.3 Å². The second-order valence-corrected chi connectivity index (χ2v) is 9.33. The summed E-state index contributed by atoms with van der Waals surface area (Å²) in [5, 5.41) is 3.16. The second kappa shape index (κ2) is 10.2. The van der Waals surface area contributed by atoms with E-state index >= 15 is 0 Å². The highest BCUT2D eigenvalue weighted by molar-refractivity contribution is 6.31. The van der Waals surface area contributed by atoms with Crippen molar-refractivity contribution in [3.63, 3.8) is 0 Å². The predicted molar refractivity (Wildman–Crippen MR) is 128 cm³/mol. The van der Waals surface area contributed by atoms with Crippen LogP contribution in [0.25, 0.3) is 0 Å². The van der Waals surface area contributed by atoms with Crippen LogP contribution in [0, 0.1) is 11.7 Å². The molecule has 9 heteroatoms. The minimum absolute atomic E-state index is 0.0695. The Labute approximate surface area is 207 Å². The highest BCUT2D eigenvalue weighted by Gasteiger charge is 2.32. The van der Waals surface area contributed by atoms with E-state index in [9.17, 15) is 14.0 Å². The zero-order chi connectivity index (χ0) is 24.4. The number of benzene rings is 2. The lowest BCUT2D eigenvalue weighted by Crippen LogP contribution is -2.43. The van der Waals surface area contributed by atoms with Crippen molar-refractivity contribution >= 4 is 23.4 Å². The third-order valence-electron chi connectivity index (χ3n) is 6.73. The molecule has 2 aliphatic rings. The van der Waals surface area contributed by atoms with Crippen molar-refractivity contribution in [2.75, 3.05) is 13.1 Å². The van der Waals surface area contributed by atoms with Crippen molar-refractivity contribution in [2.45, 2.75) is 38.6 Å². The van der Waals surface area contributed by atoms with Crippen molar-refractivity contribution in [3.05, 3.63) is 88.2 Å². The monoisotopic (exact) mass is 496 g/mol. The van der Waals surface area contributed by atoms with Gasteiger partial charge >= 0.3 is 0 Å². The van der Waals surface area contributed by atoms with Gasteiger partial charge in [-0.25, -0.2) is 9.37 Å². The number of nitrogens with zero attached hydrogens (tertiary/aromatic N) is 3. The molecule has 0 aliphatic carbocycles. The van der Waals surface area contributed by atoms with Gasteiger partial charge in [0.2, 0.25) is 5.91 Å². The maximum absolute atomic E-state index is 13.2. The Hall–Kier alpha value is -3.23. The first-order chi connectivity index (χ1) is 17.0. The van der Waals surface area contributed by atoms with Gasteiger partial charge < -0.3 is 19.5 Å². The van der Waals surface area contributed by atoms with E-state index in [0.29, 0.717) is 50.3 Å². The number of piperidine rings is 1. The Kier molecular flexibility index (Phi) is 6.83. The molecule has 2 aliphatic heterocycles. The number of hydrogen-bond donors (Lipinski definition) is 1. The summed E-state index contributed by atoms with van der Waals surface area (Å²) >= 11 is 6.04. The Morgan fingerprint density at radius 3 is 2.66 bits per heavy atom. The lowest BCUT2D eigenvalue weighted by molar-refractivity contribution is -0.126. The number of carbonyl (C=O) groups is 2. The molecule has 1 saturated heterocycles. The van der Waals surface area contributed by atoms with Crippen LogP contribution in [0.5, 0.6) is 0 Å². The number of aromatic nitrogens is 2. The van der Waals surface area contributed by atoms with Crippen LogP contribution in [0.3, 0.4) is 0 Å². The maximum atomic E-state index is 13.2. The first-order valence-electron chi connectivity index (χ1n) is 11.7.